The number of halogens is 4. The Hall–Kier alpha value is -3.99. The lowest BCUT2D eigenvalue weighted by Crippen LogP contribution is -2.16. The minimum Gasteiger partial charge on any atom is -0.506 e. The number of hydrogen-bond donors (Lipinski definition) is 2. The Morgan fingerprint density at radius 1 is 1.09 bits per heavy atom. The van der Waals surface area contributed by atoms with Gasteiger partial charge in [0, 0.05) is 10.6 Å². The van der Waals surface area contributed by atoms with Gasteiger partial charge in [-0.1, -0.05) is 11.6 Å². The van der Waals surface area contributed by atoms with Gasteiger partial charge in [0.1, 0.15) is 11.3 Å². The molecule has 4 rings (SSSR count). The van der Waals surface area contributed by atoms with Gasteiger partial charge < -0.3 is 19.9 Å². The molecule has 0 bridgehead atoms. The van der Waals surface area contributed by atoms with Crippen molar-refractivity contribution in [2.24, 2.45) is 0 Å². The van der Waals surface area contributed by atoms with E-state index in [-0.39, 0.29) is 39.1 Å². The van der Waals surface area contributed by atoms with E-state index in [0.29, 0.717) is 15.8 Å². The lowest BCUT2D eigenvalue weighted by molar-refractivity contribution is -0.142. The number of amides is 1. The number of carbonyl (C=O) groups is 1. The van der Waals surface area contributed by atoms with Crippen LogP contribution in [0.5, 0.6) is 17.2 Å². The largest absolute Gasteiger partial charge is 0.506 e. The first-order valence-corrected chi connectivity index (χ1v) is 9.98. The van der Waals surface area contributed by atoms with Crippen molar-refractivity contribution in [2.75, 3.05) is 19.5 Å². The predicted octanol–water partition coefficient (Wildman–Crippen LogP) is 5.04. The number of methoxy groups -OCH3 is 2. The average molecular weight is 493 g/mol. The van der Waals surface area contributed by atoms with E-state index in [9.17, 15) is 23.1 Å². The standard InChI is InChI=1S/C22H16ClF3N4O4/c1-33-17-6-3-11(7-18(17)34-2)14-9-19(22(24,25)26)30-20(28-14)13(10-27-30)21(32)29-15-8-12(23)4-5-16(15)31/h3-10,31H,1-2H3,(H,29,32). The number of anilines is 1. The van der Waals surface area contributed by atoms with Crippen LogP contribution in [0, 0.1) is 0 Å². The van der Waals surface area contributed by atoms with Crippen molar-refractivity contribution in [3.63, 3.8) is 0 Å². The molecule has 12 heteroatoms. The Morgan fingerprint density at radius 3 is 2.50 bits per heavy atom. The molecule has 1 amide bonds. The smallest absolute Gasteiger partial charge is 0.433 e. The number of phenolic OH excluding ortho intramolecular Hbond substituents is 1. The van der Waals surface area contributed by atoms with Gasteiger partial charge in [-0.2, -0.15) is 18.3 Å². The molecule has 4 aromatic rings. The van der Waals surface area contributed by atoms with Crippen LogP contribution < -0.4 is 14.8 Å². The van der Waals surface area contributed by atoms with E-state index in [1.54, 1.807) is 0 Å². The third-order valence-corrected chi connectivity index (χ3v) is 5.13. The van der Waals surface area contributed by atoms with Crippen LogP contribution in [0.1, 0.15) is 16.1 Å². The molecule has 8 nitrogen and oxygen atoms in total. The van der Waals surface area contributed by atoms with Gasteiger partial charge in [0.25, 0.3) is 5.91 Å². The Kier molecular flexibility index (Phi) is 5.96. The molecule has 0 radical (unpaired) electrons. The summed E-state index contributed by atoms with van der Waals surface area (Å²) in [5.74, 6) is -0.436. The Labute approximate surface area is 195 Å². The van der Waals surface area contributed by atoms with Crippen LogP contribution in [0.4, 0.5) is 18.9 Å². The molecule has 0 spiro atoms. The number of phenols is 1. The molecule has 0 aliphatic rings. The average Bonchev–Trinajstić information content (AvgIpc) is 3.23. The van der Waals surface area contributed by atoms with Crippen molar-refractivity contribution in [2.45, 2.75) is 6.18 Å². The lowest BCUT2D eigenvalue weighted by atomic mass is 10.1. The summed E-state index contributed by atoms with van der Waals surface area (Å²) in [7, 11) is 2.82. The van der Waals surface area contributed by atoms with Crippen molar-refractivity contribution < 1.29 is 32.5 Å². The van der Waals surface area contributed by atoms with E-state index in [2.05, 4.69) is 15.4 Å². The summed E-state index contributed by atoms with van der Waals surface area (Å²) in [6.07, 6.45) is -3.83. The van der Waals surface area contributed by atoms with E-state index < -0.39 is 17.8 Å². The molecule has 0 atom stereocenters. The van der Waals surface area contributed by atoms with Crippen LogP contribution in [0.2, 0.25) is 5.02 Å². The maximum atomic E-state index is 13.9. The summed E-state index contributed by atoms with van der Waals surface area (Å²) < 4.78 is 52.5. The minimum absolute atomic E-state index is 0.0241. The van der Waals surface area contributed by atoms with Crippen LogP contribution >= 0.6 is 11.6 Å². The van der Waals surface area contributed by atoms with Gasteiger partial charge in [-0.15, -0.1) is 0 Å². The summed E-state index contributed by atoms with van der Waals surface area (Å²) in [6.45, 7) is 0. The molecule has 176 valence electrons. The number of rotatable bonds is 5. The second-order valence-corrected chi connectivity index (χ2v) is 7.44. The Bertz CT molecular complexity index is 1410. The van der Waals surface area contributed by atoms with Gasteiger partial charge >= 0.3 is 6.18 Å². The lowest BCUT2D eigenvalue weighted by Gasteiger charge is -2.13. The summed E-state index contributed by atoms with van der Waals surface area (Å²) in [4.78, 5) is 17.1. The Morgan fingerprint density at radius 2 is 1.82 bits per heavy atom. The molecule has 0 aliphatic carbocycles. The van der Waals surface area contributed by atoms with Crippen LogP contribution in [-0.2, 0) is 6.18 Å². The Balaban J connectivity index is 1.86. The number of carbonyl (C=O) groups excluding carboxylic acids is 1. The molecule has 2 aromatic heterocycles. The number of ether oxygens (including phenoxy) is 2. The molecular weight excluding hydrogens is 477 g/mol. The molecule has 2 aromatic carbocycles. The molecule has 34 heavy (non-hydrogen) atoms. The van der Waals surface area contributed by atoms with Gasteiger partial charge in [-0.3, -0.25) is 4.79 Å². The number of nitrogens with zero attached hydrogens (tertiary/aromatic N) is 3. The van der Waals surface area contributed by atoms with Gasteiger partial charge in [0.2, 0.25) is 0 Å². The number of alkyl halides is 3. The third kappa shape index (κ3) is 4.29. The molecule has 0 aliphatic heterocycles. The summed E-state index contributed by atoms with van der Waals surface area (Å²) >= 11 is 5.89. The monoisotopic (exact) mass is 492 g/mol. The molecule has 0 unspecified atom stereocenters. The molecule has 2 N–H and O–H groups in total. The minimum atomic E-state index is -4.79. The molecule has 0 saturated carbocycles. The SMILES string of the molecule is COc1ccc(-c2cc(C(F)(F)F)n3ncc(C(=O)Nc4cc(Cl)ccc4O)c3n2)cc1OC. The zero-order valence-corrected chi connectivity index (χ0v) is 18.4. The zero-order chi connectivity index (χ0) is 24.6. The first kappa shape index (κ1) is 23.2. The number of nitrogens with one attached hydrogen (secondary N) is 1. The summed E-state index contributed by atoms with van der Waals surface area (Å²) in [5, 5.41) is 16.3. The maximum Gasteiger partial charge on any atom is 0.433 e. The fourth-order valence-electron chi connectivity index (χ4n) is 3.27. The fourth-order valence-corrected chi connectivity index (χ4v) is 3.44. The van der Waals surface area contributed by atoms with Gasteiger partial charge in [-0.25, -0.2) is 9.50 Å². The van der Waals surface area contributed by atoms with Crippen LogP contribution in [0.15, 0.2) is 48.7 Å². The molecular formula is C22H16ClF3N4O4. The van der Waals surface area contributed by atoms with Gasteiger partial charge in [0.05, 0.1) is 31.8 Å². The number of hydrogen-bond acceptors (Lipinski definition) is 6. The third-order valence-electron chi connectivity index (χ3n) is 4.89. The highest BCUT2D eigenvalue weighted by atomic mass is 35.5. The first-order valence-electron chi connectivity index (χ1n) is 9.60. The van der Waals surface area contributed by atoms with E-state index in [1.807, 2.05) is 0 Å². The highest BCUT2D eigenvalue weighted by molar-refractivity contribution is 6.31. The number of aromatic hydroxyl groups is 1. The second kappa shape index (κ2) is 8.75. The number of aromatic nitrogens is 3. The van der Waals surface area contributed by atoms with Crippen molar-refractivity contribution in [3.05, 3.63) is 64.9 Å². The zero-order valence-electron chi connectivity index (χ0n) is 17.6. The van der Waals surface area contributed by atoms with Gasteiger partial charge in [0.15, 0.2) is 22.8 Å². The number of benzene rings is 2. The normalized spacial score (nSPS) is 11.5. The second-order valence-electron chi connectivity index (χ2n) is 7.00. The topological polar surface area (TPSA) is 98.0 Å². The van der Waals surface area contributed by atoms with Crippen molar-refractivity contribution >= 4 is 28.8 Å². The fraction of sp³-hybridized carbons (Fsp3) is 0.136. The molecule has 2 heterocycles. The van der Waals surface area contributed by atoms with Gasteiger partial charge in [-0.05, 0) is 42.5 Å². The van der Waals surface area contributed by atoms with E-state index in [1.165, 1.54) is 50.6 Å². The van der Waals surface area contributed by atoms with Crippen molar-refractivity contribution in [1.82, 2.24) is 14.6 Å². The van der Waals surface area contributed by atoms with Crippen molar-refractivity contribution in [3.8, 4) is 28.5 Å². The van der Waals surface area contributed by atoms with Crippen LogP contribution in [-0.4, -0.2) is 39.8 Å². The van der Waals surface area contributed by atoms with E-state index >= 15 is 0 Å². The summed E-state index contributed by atoms with van der Waals surface area (Å²) in [5.41, 5.74) is -1.51. The molecule has 0 fully saturated rings. The maximum absolute atomic E-state index is 13.9. The van der Waals surface area contributed by atoms with E-state index in [0.717, 1.165) is 12.3 Å². The number of fused-ring (bicyclic) bond motifs is 1. The summed E-state index contributed by atoms with van der Waals surface area (Å²) in [6, 6.07) is 9.31. The first-order chi connectivity index (χ1) is 16.1. The highest BCUT2D eigenvalue weighted by Gasteiger charge is 2.36. The molecule has 0 saturated heterocycles. The van der Waals surface area contributed by atoms with Crippen LogP contribution in [0.25, 0.3) is 16.9 Å². The highest BCUT2D eigenvalue weighted by Crippen LogP contribution is 2.36. The van der Waals surface area contributed by atoms with Crippen LogP contribution in [0.3, 0.4) is 0 Å². The predicted molar refractivity (Wildman–Crippen MR) is 118 cm³/mol. The quantitative estimate of drug-likeness (QED) is 0.379. The van der Waals surface area contributed by atoms with Crippen molar-refractivity contribution in [1.29, 1.82) is 0 Å². The van der Waals surface area contributed by atoms with E-state index in [4.69, 9.17) is 21.1 Å².